The third-order valence-electron chi connectivity index (χ3n) is 4.72. The molecule has 0 aliphatic rings. The molecule has 0 heterocycles. The number of nitrogens with one attached hydrogen (secondary N) is 1. The molecule has 3 aromatic carbocycles. The van der Waals surface area contributed by atoms with Crippen LogP contribution in [-0.2, 0) is 16.8 Å². The van der Waals surface area contributed by atoms with Crippen LogP contribution in [0.4, 0.5) is 5.69 Å². The molecule has 0 spiro atoms. The summed E-state index contributed by atoms with van der Waals surface area (Å²) in [6.45, 7) is 6.05. The van der Waals surface area contributed by atoms with Crippen molar-refractivity contribution in [3.05, 3.63) is 87.9 Å². The molecule has 162 valence electrons. The summed E-state index contributed by atoms with van der Waals surface area (Å²) in [7, 11) is 0. The highest BCUT2D eigenvalue weighted by atomic mass is 35.5. The second kappa shape index (κ2) is 10.4. The molecule has 0 atom stereocenters. The van der Waals surface area contributed by atoms with E-state index in [2.05, 4.69) is 24.4 Å². The van der Waals surface area contributed by atoms with Crippen molar-refractivity contribution in [2.75, 3.05) is 11.1 Å². The lowest BCUT2D eigenvalue weighted by Crippen LogP contribution is -2.25. The number of halogens is 2. The quantitative estimate of drug-likeness (QED) is 0.342. The van der Waals surface area contributed by atoms with Gasteiger partial charge < -0.3 is 10.1 Å². The van der Waals surface area contributed by atoms with Crippen LogP contribution in [0.1, 0.15) is 31.9 Å². The van der Waals surface area contributed by atoms with Crippen molar-refractivity contribution in [1.29, 1.82) is 0 Å². The van der Waals surface area contributed by atoms with E-state index in [1.807, 2.05) is 50.2 Å². The van der Waals surface area contributed by atoms with Crippen LogP contribution in [0.2, 0.25) is 10.0 Å². The van der Waals surface area contributed by atoms with Gasteiger partial charge in [0.25, 0.3) is 0 Å². The van der Waals surface area contributed by atoms with Gasteiger partial charge >= 0.3 is 0 Å². The van der Waals surface area contributed by atoms with Crippen molar-refractivity contribution in [2.24, 2.45) is 0 Å². The number of ether oxygens (including phenoxy) is 1. The predicted octanol–water partition coefficient (Wildman–Crippen LogP) is 7.60. The number of benzene rings is 3. The molecule has 1 N–H and O–H groups in total. The summed E-state index contributed by atoms with van der Waals surface area (Å²) < 4.78 is 6.12. The minimum Gasteiger partial charge on any atom is -0.482 e. The van der Waals surface area contributed by atoms with E-state index in [9.17, 15) is 4.79 Å². The van der Waals surface area contributed by atoms with Crippen LogP contribution < -0.4 is 10.1 Å². The van der Waals surface area contributed by atoms with E-state index in [0.717, 1.165) is 22.6 Å². The first-order valence-electron chi connectivity index (χ1n) is 10.0. The summed E-state index contributed by atoms with van der Waals surface area (Å²) in [6.07, 6.45) is 0.336. The Labute approximate surface area is 198 Å². The number of anilines is 1. The van der Waals surface area contributed by atoms with Gasteiger partial charge in [-0.2, -0.15) is 0 Å². The van der Waals surface area contributed by atoms with Crippen LogP contribution in [-0.4, -0.2) is 11.7 Å². The molecule has 0 radical (unpaired) electrons. The Morgan fingerprint density at radius 3 is 2.29 bits per heavy atom. The maximum atomic E-state index is 12.4. The molecule has 0 bridgehead atoms. The zero-order chi connectivity index (χ0) is 22.4. The van der Waals surface area contributed by atoms with E-state index in [4.69, 9.17) is 27.9 Å². The molecule has 0 aromatic heterocycles. The van der Waals surface area contributed by atoms with Crippen LogP contribution >= 0.6 is 35.0 Å². The largest absolute Gasteiger partial charge is 0.482 e. The fraction of sp³-hybridized carbons (Fsp3) is 0.240. The van der Waals surface area contributed by atoms with Crippen LogP contribution in [0.15, 0.2) is 71.6 Å². The molecule has 6 heteroatoms. The van der Waals surface area contributed by atoms with E-state index in [1.165, 1.54) is 4.90 Å². The summed E-state index contributed by atoms with van der Waals surface area (Å²) in [4.78, 5) is 13.6. The van der Waals surface area contributed by atoms with Gasteiger partial charge in [0, 0.05) is 15.6 Å². The molecule has 3 aromatic rings. The van der Waals surface area contributed by atoms with Gasteiger partial charge in [-0.15, -0.1) is 11.8 Å². The lowest BCUT2D eigenvalue weighted by atomic mass is 9.97. The Balaban J connectivity index is 1.61. The third-order valence-corrected chi connectivity index (χ3v) is 6.15. The van der Waals surface area contributed by atoms with E-state index < -0.39 is 5.60 Å². The smallest absolute Gasteiger partial charge is 0.228 e. The average Bonchev–Trinajstić information content (AvgIpc) is 2.72. The van der Waals surface area contributed by atoms with E-state index >= 15 is 0 Å². The van der Waals surface area contributed by atoms with Gasteiger partial charge in [0.05, 0.1) is 11.4 Å². The standard InChI is InChI=1S/C25H25Cl2NO2S/c1-4-31-21-12-5-17(6-13-21)15-24(29)28-20-10-7-18(8-11-20)25(2,3)30-23-14-9-19(26)16-22(23)27/h5-14,16H,4,15H2,1-3H3,(H,28,29). The zero-order valence-corrected chi connectivity index (χ0v) is 20.1. The molecule has 0 aliphatic carbocycles. The summed E-state index contributed by atoms with van der Waals surface area (Å²) in [6, 6.07) is 20.9. The molecule has 3 nitrogen and oxygen atoms in total. The van der Waals surface area contributed by atoms with Gasteiger partial charge in [-0.1, -0.05) is 54.4 Å². The molecule has 0 saturated heterocycles. The Morgan fingerprint density at radius 1 is 1.00 bits per heavy atom. The second-order valence-electron chi connectivity index (χ2n) is 7.57. The molecule has 0 fully saturated rings. The number of hydrogen-bond acceptors (Lipinski definition) is 3. The fourth-order valence-electron chi connectivity index (χ4n) is 3.11. The number of carbonyl (C=O) groups excluding carboxylic acids is 1. The molecular weight excluding hydrogens is 449 g/mol. The minimum absolute atomic E-state index is 0.0490. The average molecular weight is 474 g/mol. The van der Waals surface area contributed by atoms with E-state index in [0.29, 0.717) is 22.2 Å². The number of carbonyl (C=O) groups is 1. The van der Waals surface area contributed by atoms with Gasteiger partial charge in [0.1, 0.15) is 11.4 Å². The summed E-state index contributed by atoms with van der Waals surface area (Å²) >= 11 is 14.0. The first-order valence-corrected chi connectivity index (χ1v) is 11.8. The first-order chi connectivity index (χ1) is 14.8. The highest BCUT2D eigenvalue weighted by Crippen LogP contribution is 2.34. The van der Waals surface area contributed by atoms with Crippen molar-refractivity contribution in [3.63, 3.8) is 0 Å². The molecule has 31 heavy (non-hydrogen) atoms. The zero-order valence-electron chi connectivity index (χ0n) is 17.7. The van der Waals surface area contributed by atoms with Gasteiger partial charge in [0.15, 0.2) is 0 Å². The van der Waals surface area contributed by atoms with E-state index in [1.54, 1.807) is 30.0 Å². The van der Waals surface area contributed by atoms with E-state index in [-0.39, 0.29) is 5.91 Å². The maximum Gasteiger partial charge on any atom is 0.228 e. The molecule has 0 unspecified atom stereocenters. The minimum atomic E-state index is -0.613. The number of hydrogen-bond donors (Lipinski definition) is 1. The lowest BCUT2D eigenvalue weighted by Gasteiger charge is -2.28. The Kier molecular flexibility index (Phi) is 7.93. The van der Waals surface area contributed by atoms with Gasteiger partial charge in [-0.05, 0) is 73.2 Å². The van der Waals surface area contributed by atoms with Crippen LogP contribution in [0.25, 0.3) is 0 Å². The van der Waals surface area contributed by atoms with Crippen molar-refractivity contribution in [1.82, 2.24) is 0 Å². The predicted molar refractivity (Wildman–Crippen MR) is 132 cm³/mol. The van der Waals surface area contributed by atoms with Crippen LogP contribution in [0.3, 0.4) is 0 Å². The van der Waals surface area contributed by atoms with Crippen LogP contribution in [0.5, 0.6) is 5.75 Å². The molecule has 0 saturated carbocycles. The molecule has 1 amide bonds. The summed E-state index contributed by atoms with van der Waals surface area (Å²) in [5.41, 5.74) is 2.08. The Bertz CT molecular complexity index is 1030. The molecule has 3 rings (SSSR count). The lowest BCUT2D eigenvalue weighted by molar-refractivity contribution is -0.115. The second-order valence-corrected chi connectivity index (χ2v) is 9.75. The SMILES string of the molecule is CCSc1ccc(CC(=O)Nc2ccc(C(C)(C)Oc3ccc(Cl)cc3Cl)cc2)cc1. The fourth-order valence-corrected chi connectivity index (χ4v) is 4.22. The highest BCUT2D eigenvalue weighted by molar-refractivity contribution is 7.99. The highest BCUT2D eigenvalue weighted by Gasteiger charge is 2.24. The van der Waals surface area contributed by atoms with Crippen molar-refractivity contribution >= 4 is 46.6 Å². The summed E-state index contributed by atoms with van der Waals surface area (Å²) in [5.74, 6) is 1.55. The Hall–Kier alpha value is -2.14. The topological polar surface area (TPSA) is 38.3 Å². The number of rotatable bonds is 8. The summed E-state index contributed by atoms with van der Waals surface area (Å²) in [5, 5.41) is 3.98. The third kappa shape index (κ3) is 6.67. The molecule has 0 aliphatic heterocycles. The number of amides is 1. The Morgan fingerprint density at radius 2 is 1.68 bits per heavy atom. The molecular formula is C25H25Cl2NO2S. The first kappa shape index (κ1) is 23.5. The monoisotopic (exact) mass is 473 g/mol. The van der Waals surface area contributed by atoms with Crippen LogP contribution in [0, 0.1) is 0 Å². The maximum absolute atomic E-state index is 12.4. The van der Waals surface area contributed by atoms with Gasteiger partial charge in [-0.3, -0.25) is 4.79 Å². The number of thioether (sulfide) groups is 1. The van der Waals surface area contributed by atoms with Crippen molar-refractivity contribution < 1.29 is 9.53 Å². The van der Waals surface area contributed by atoms with Crippen molar-refractivity contribution in [3.8, 4) is 5.75 Å². The van der Waals surface area contributed by atoms with Gasteiger partial charge in [0.2, 0.25) is 5.91 Å². The van der Waals surface area contributed by atoms with Gasteiger partial charge in [-0.25, -0.2) is 0 Å². The normalized spacial score (nSPS) is 11.3. The van der Waals surface area contributed by atoms with Crippen molar-refractivity contribution in [2.45, 2.75) is 37.7 Å².